The molecule has 33 heavy (non-hydrogen) atoms. The van der Waals surface area contributed by atoms with Crippen molar-refractivity contribution in [1.82, 2.24) is 5.43 Å². The van der Waals surface area contributed by atoms with Gasteiger partial charge in [0.1, 0.15) is 18.8 Å². The van der Waals surface area contributed by atoms with Crippen LogP contribution < -0.4 is 20.2 Å². The molecular formula is C25H24FN3O4. The van der Waals surface area contributed by atoms with Crippen LogP contribution in [0.3, 0.4) is 0 Å². The van der Waals surface area contributed by atoms with Crippen molar-refractivity contribution in [3.05, 3.63) is 89.7 Å². The summed E-state index contributed by atoms with van der Waals surface area (Å²) in [4.78, 5) is 23.8. The highest BCUT2D eigenvalue weighted by molar-refractivity contribution is 6.03. The molecule has 0 aliphatic heterocycles. The van der Waals surface area contributed by atoms with Crippen LogP contribution in [0.15, 0.2) is 77.9 Å². The van der Waals surface area contributed by atoms with Crippen LogP contribution in [0.1, 0.15) is 24.5 Å². The molecule has 3 aromatic carbocycles. The molecule has 3 aromatic rings. The number of anilines is 1. The number of amides is 2. The predicted octanol–water partition coefficient (Wildman–Crippen LogP) is 4.28. The molecule has 0 aliphatic carbocycles. The molecular weight excluding hydrogens is 425 g/mol. The standard InChI is InChI=1S/C25H24FN3O4/c1-2-32-23-14-19(12-13-22(23)33-17-18-8-4-3-5-9-18)16-27-29-25(31)15-24(30)28-21-11-7-6-10-20(21)26/h3-14,16H,2,15,17H2,1H3,(H,28,30)(H,29,31). The van der Waals surface area contributed by atoms with Gasteiger partial charge >= 0.3 is 0 Å². The van der Waals surface area contributed by atoms with Gasteiger partial charge in [-0.2, -0.15) is 5.10 Å². The highest BCUT2D eigenvalue weighted by atomic mass is 19.1. The normalized spacial score (nSPS) is 10.6. The number of halogens is 1. The number of nitrogens with one attached hydrogen (secondary N) is 2. The van der Waals surface area contributed by atoms with E-state index in [1.807, 2.05) is 37.3 Å². The second-order valence-electron chi connectivity index (χ2n) is 6.91. The molecule has 0 radical (unpaired) electrons. The molecule has 0 saturated heterocycles. The van der Waals surface area contributed by atoms with E-state index in [1.54, 1.807) is 24.3 Å². The molecule has 0 heterocycles. The monoisotopic (exact) mass is 449 g/mol. The van der Waals surface area contributed by atoms with E-state index in [2.05, 4.69) is 15.8 Å². The number of para-hydroxylation sites is 1. The van der Waals surface area contributed by atoms with E-state index in [0.29, 0.717) is 30.3 Å². The number of hydrogen-bond donors (Lipinski definition) is 2. The van der Waals surface area contributed by atoms with E-state index in [1.165, 1.54) is 24.4 Å². The van der Waals surface area contributed by atoms with Gasteiger partial charge in [-0.15, -0.1) is 0 Å². The summed E-state index contributed by atoms with van der Waals surface area (Å²) in [5, 5.41) is 6.21. The maximum atomic E-state index is 13.6. The van der Waals surface area contributed by atoms with Crippen molar-refractivity contribution >= 4 is 23.7 Å². The van der Waals surface area contributed by atoms with Crippen LogP contribution in [0.4, 0.5) is 10.1 Å². The zero-order chi connectivity index (χ0) is 23.5. The Labute approximate surface area is 191 Å². The van der Waals surface area contributed by atoms with Gasteiger partial charge in [0.15, 0.2) is 11.5 Å². The fourth-order valence-corrected chi connectivity index (χ4v) is 2.85. The van der Waals surface area contributed by atoms with Gasteiger partial charge in [-0.25, -0.2) is 9.82 Å². The Morgan fingerprint density at radius 3 is 2.45 bits per heavy atom. The van der Waals surface area contributed by atoms with E-state index in [-0.39, 0.29) is 5.69 Å². The lowest BCUT2D eigenvalue weighted by Gasteiger charge is -2.12. The van der Waals surface area contributed by atoms with E-state index in [9.17, 15) is 14.0 Å². The summed E-state index contributed by atoms with van der Waals surface area (Å²) in [6.45, 7) is 2.73. The van der Waals surface area contributed by atoms with Crippen LogP contribution in [0, 0.1) is 5.82 Å². The van der Waals surface area contributed by atoms with Gasteiger partial charge in [0, 0.05) is 0 Å². The predicted molar refractivity (Wildman–Crippen MR) is 124 cm³/mol. The maximum absolute atomic E-state index is 13.6. The average Bonchev–Trinajstić information content (AvgIpc) is 2.81. The number of carbonyl (C=O) groups excluding carboxylic acids is 2. The molecule has 8 heteroatoms. The third-order valence-corrected chi connectivity index (χ3v) is 4.38. The molecule has 0 spiro atoms. The lowest BCUT2D eigenvalue weighted by molar-refractivity contribution is -0.126. The SMILES string of the molecule is CCOc1cc(C=NNC(=O)CC(=O)Nc2ccccc2F)ccc1OCc1ccccc1. The highest BCUT2D eigenvalue weighted by Gasteiger charge is 2.11. The summed E-state index contributed by atoms with van der Waals surface area (Å²) in [5.74, 6) is -0.718. The third kappa shape index (κ3) is 7.46. The molecule has 2 amide bonds. The van der Waals surface area contributed by atoms with Crippen molar-refractivity contribution < 1.29 is 23.5 Å². The summed E-state index contributed by atoms with van der Waals surface area (Å²) in [5.41, 5.74) is 3.99. The van der Waals surface area contributed by atoms with E-state index in [0.717, 1.165) is 5.56 Å². The second kappa shape index (κ2) is 12.0. The fourth-order valence-electron chi connectivity index (χ4n) is 2.85. The number of hydrogen-bond acceptors (Lipinski definition) is 5. The topological polar surface area (TPSA) is 89.0 Å². The molecule has 0 aliphatic rings. The first kappa shape index (κ1) is 23.5. The Kier molecular flexibility index (Phi) is 8.53. The first-order valence-electron chi connectivity index (χ1n) is 10.3. The van der Waals surface area contributed by atoms with Gasteiger partial charge in [0.2, 0.25) is 11.8 Å². The largest absolute Gasteiger partial charge is 0.490 e. The molecule has 0 unspecified atom stereocenters. The number of benzene rings is 3. The lowest BCUT2D eigenvalue weighted by Crippen LogP contribution is -2.24. The van der Waals surface area contributed by atoms with E-state index >= 15 is 0 Å². The first-order valence-corrected chi connectivity index (χ1v) is 10.3. The first-order chi connectivity index (χ1) is 16.0. The van der Waals surface area contributed by atoms with Gasteiger partial charge in [0.05, 0.1) is 18.5 Å². The average molecular weight is 449 g/mol. The minimum atomic E-state index is -0.647. The van der Waals surface area contributed by atoms with Crippen LogP contribution in [-0.2, 0) is 16.2 Å². The lowest BCUT2D eigenvalue weighted by atomic mass is 10.2. The Morgan fingerprint density at radius 2 is 1.70 bits per heavy atom. The number of hydrazone groups is 1. The zero-order valence-corrected chi connectivity index (χ0v) is 18.1. The molecule has 0 aromatic heterocycles. The van der Waals surface area contributed by atoms with E-state index < -0.39 is 24.1 Å². The minimum Gasteiger partial charge on any atom is -0.490 e. The summed E-state index contributed by atoms with van der Waals surface area (Å²) in [6, 6.07) is 20.8. The van der Waals surface area contributed by atoms with Crippen molar-refractivity contribution in [2.45, 2.75) is 20.0 Å². The molecule has 0 saturated carbocycles. The Bertz CT molecular complexity index is 1120. The van der Waals surface area contributed by atoms with Gasteiger partial charge in [-0.05, 0) is 48.4 Å². The van der Waals surface area contributed by atoms with Crippen molar-refractivity contribution in [3.63, 3.8) is 0 Å². The van der Waals surface area contributed by atoms with Gasteiger partial charge in [-0.1, -0.05) is 42.5 Å². The number of ether oxygens (including phenoxy) is 2. The summed E-state index contributed by atoms with van der Waals surface area (Å²) in [6.07, 6.45) is 0.929. The van der Waals surface area contributed by atoms with Crippen LogP contribution in [0.2, 0.25) is 0 Å². The quantitative estimate of drug-likeness (QED) is 0.275. The second-order valence-corrected chi connectivity index (χ2v) is 6.91. The van der Waals surface area contributed by atoms with Crippen LogP contribution in [0.5, 0.6) is 11.5 Å². The van der Waals surface area contributed by atoms with Gasteiger partial charge in [0.25, 0.3) is 0 Å². The third-order valence-electron chi connectivity index (χ3n) is 4.38. The minimum absolute atomic E-state index is 0.0110. The smallest absolute Gasteiger partial charge is 0.249 e. The number of nitrogens with zero attached hydrogens (tertiary/aromatic N) is 1. The summed E-state index contributed by atoms with van der Waals surface area (Å²) >= 11 is 0. The summed E-state index contributed by atoms with van der Waals surface area (Å²) in [7, 11) is 0. The Balaban J connectivity index is 1.54. The molecule has 0 atom stereocenters. The highest BCUT2D eigenvalue weighted by Crippen LogP contribution is 2.28. The fraction of sp³-hybridized carbons (Fsp3) is 0.160. The van der Waals surface area contributed by atoms with Gasteiger partial charge < -0.3 is 14.8 Å². The molecule has 0 fully saturated rings. The number of rotatable bonds is 10. The van der Waals surface area contributed by atoms with Crippen molar-refractivity contribution in [1.29, 1.82) is 0 Å². The van der Waals surface area contributed by atoms with Crippen molar-refractivity contribution in [2.24, 2.45) is 5.10 Å². The molecule has 170 valence electrons. The van der Waals surface area contributed by atoms with Crippen LogP contribution >= 0.6 is 0 Å². The van der Waals surface area contributed by atoms with Gasteiger partial charge in [-0.3, -0.25) is 9.59 Å². The molecule has 7 nitrogen and oxygen atoms in total. The Morgan fingerprint density at radius 1 is 0.939 bits per heavy atom. The number of carbonyl (C=O) groups is 2. The van der Waals surface area contributed by atoms with E-state index in [4.69, 9.17) is 9.47 Å². The molecule has 3 rings (SSSR count). The van der Waals surface area contributed by atoms with Crippen LogP contribution in [0.25, 0.3) is 0 Å². The molecule has 0 bridgehead atoms. The van der Waals surface area contributed by atoms with Crippen molar-refractivity contribution in [3.8, 4) is 11.5 Å². The summed E-state index contributed by atoms with van der Waals surface area (Å²) < 4.78 is 25.1. The Hall–Kier alpha value is -4.20. The van der Waals surface area contributed by atoms with Crippen molar-refractivity contribution in [2.75, 3.05) is 11.9 Å². The maximum Gasteiger partial charge on any atom is 0.249 e. The van der Waals surface area contributed by atoms with Crippen LogP contribution in [-0.4, -0.2) is 24.6 Å². The zero-order valence-electron chi connectivity index (χ0n) is 18.1. The molecule has 2 N–H and O–H groups in total.